The quantitative estimate of drug-likeness (QED) is 0.873. The summed E-state index contributed by atoms with van der Waals surface area (Å²) in [4.78, 5) is 14.3. The molecule has 2 fully saturated rings. The van der Waals surface area contributed by atoms with Crippen molar-refractivity contribution in [3.8, 4) is 5.75 Å². The van der Waals surface area contributed by atoms with Crippen molar-refractivity contribution >= 4 is 5.91 Å². The Bertz CT molecular complexity index is 559. The maximum atomic E-state index is 12.4. The Labute approximate surface area is 136 Å². The van der Waals surface area contributed by atoms with E-state index in [9.17, 15) is 15.0 Å². The zero-order valence-corrected chi connectivity index (χ0v) is 13.6. The van der Waals surface area contributed by atoms with Crippen molar-refractivity contribution in [3.05, 3.63) is 29.8 Å². The lowest BCUT2D eigenvalue weighted by molar-refractivity contribution is -0.175. The van der Waals surface area contributed by atoms with Crippen LogP contribution in [0.25, 0.3) is 0 Å². The Morgan fingerprint density at radius 1 is 1.22 bits per heavy atom. The number of phenols is 1. The molecule has 23 heavy (non-hydrogen) atoms. The van der Waals surface area contributed by atoms with Gasteiger partial charge in [0.15, 0.2) is 0 Å². The SMILES string of the molecule is CC1(O)CCOC2(CCN(C(=O)Cc3ccc(O)cc3)CC2)C1. The van der Waals surface area contributed by atoms with E-state index in [1.54, 1.807) is 24.3 Å². The van der Waals surface area contributed by atoms with Crippen molar-refractivity contribution in [2.75, 3.05) is 19.7 Å². The highest BCUT2D eigenvalue weighted by atomic mass is 16.5. The van der Waals surface area contributed by atoms with Crippen molar-refractivity contribution in [1.29, 1.82) is 0 Å². The Morgan fingerprint density at radius 2 is 1.87 bits per heavy atom. The lowest BCUT2D eigenvalue weighted by Gasteiger charge is -2.48. The van der Waals surface area contributed by atoms with Crippen LogP contribution in [-0.4, -0.2) is 51.9 Å². The number of amides is 1. The van der Waals surface area contributed by atoms with E-state index in [2.05, 4.69) is 0 Å². The Hall–Kier alpha value is -1.59. The molecule has 2 saturated heterocycles. The van der Waals surface area contributed by atoms with Crippen LogP contribution < -0.4 is 0 Å². The van der Waals surface area contributed by atoms with Crippen LogP contribution in [0.4, 0.5) is 0 Å². The van der Waals surface area contributed by atoms with Crippen LogP contribution >= 0.6 is 0 Å². The van der Waals surface area contributed by atoms with Crippen molar-refractivity contribution in [2.24, 2.45) is 0 Å². The highest BCUT2D eigenvalue weighted by Gasteiger charge is 2.44. The number of likely N-dealkylation sites (tertiary alicyclic amines) is 1. The standard InChI is InChI=1S/C18H25NO4/c1-17(22)8-11-23-18(13-17)6-9-19(10-7-18)16(21)12-14-2-4-15(20)5-3-14/h2-5,20,22H,6-13H2,1H3. The molecule has 1 spiro atoms. The molecule has 5 heteroatoms. The van der Waals surface area contributed by atoms with Gasteiger partial charge in [0.2, 0.25) is 5.91 Å². The normalized spacial score (nSPS) is 27.1. The summed E-state index contributed by atoms with van der Waals surface area (Å²) in [6.45, 7) is 3.81. The summed E-state index contributed by atoms with van der Waals surface area (Å²) in [6, 6.07) is 6.76. The zero-order chi connectivity index (χ0) is 16.5. The number of nitrogens with zero attached hydrogens (tertiary/aromatic N) is 1. The third kappa shape index (κ3) is 3.85. The van der Waals surface area contributed by atoms with Gasteiger partial charge in [0.1, 0.15) is 5.75 Å². The lowest BCUT2D eigenvalue weighted by atomic mass is 9.78. The molecule has 0 aromatic heterocycles. The summed E-state index contributed by atoms with van der Waals surface area (Å²) < 4.78 is 5.98. The number of hydrogen-bond acceptors (Lipinski definition) is 4. The van der Waals surface area contributed by atoms with Crippen molar-refractivity contribution in [2.45, 2.75) is 50.2 Å². The first kappa shape index (κ1) is 16.3. The summed E-state index contributed by atoms with van der Waals surface area (Å²) in [7, 11) is 0. The fraction of sp³-hybridized carbons (Fsp3) is 0.611. The van der Waals surface area contributed by atoms with Crippen LogP contribution in [0.2, 0.25) is 0 Å². The van der Waals surface area contributed by atoms with E-state index in [1.165, 1.54) is 0 Å². The van der Waals surface area contributed by atoms with Gasteiger partial charge in [-0.3, -0.25) is 4.79 Å². The largest absolute Gasteiger partial charge is 0.508 e. The number of ether oxygens (including phenoxy) is 1. The molecule has 2 heterocycles. The fourth-order valence-corrected chi connectivity index (χ4v) is 3.71. The number of carbonyl (C=O) groups excluding carboxylic acids is 1. The molecule has 0 saturated carbocycles. The minimum atomic E-state index is -0.656. The molecule has 1 aromatic carbocycles. The highest BCUT2D eigenvalue weighted by Crippen LogP contribution is 2.39. The third-order valence-corrected chi connectivity index (χ3v) is 5.07. The first-order chi connectivity index (χ1) is 10.9. The molecule has 1 atom stereocenters. The van der Waals surface area contributed by atoms with E-state index in [1.807, 2.05) is 11.8 Å². The topological polar surface area (TPSA) is 70.0 Å². The van der Waals surface area contributed by atoms with Gasteiger partial charge in [-0.1, -0.05) is 12.1 Å². The number of piperidine rings is 1. The Morgan fingerprint density at radius 3 is 2.48 bits per heavy atom. The fourth-order valence-electron chi connectivity index (χ4n) is 3.71. The van der Waals surface area contributed by atoms with Gasteiger partial charge in [0.05, 0.1) is 24.2 Å². The van der Waals surface area contributed by atoms with Gasteiger partial charge in [0.25, 0.3) is 0 Å². The van der Waals surface area contributed by atoms with Crippen LogP contribution in [-0.2, 0) is 16.0 Å². The molecule has 2 aliphatic heterocycles. The number of carbonyl (C=O) groups is 1. The Balaban J connectivity index is 1.56. The molecule has 1 unspecified atom stereocenters. The molecule has 0 radical (unpaired) electrons. The molecular weight excluding hydrogens is 294 g/mol. The van der Waals surface area contributed by atoms with Crippen molar-refractivity contribution in [1.82, 2.24) is 4.90 Å². The van der Waals surface area contributed by atoms with Crippen molar-refractivity contribution in [3.63, 3.8) is 0 Å². The van der Waals surface area contributed by atoms with E-state index in [0.717, 1.165) is 18.4 Å². The summed E-state index contributed by atoms with van der Waals surface area (Å²) in [6.07, 6.45) is 3.25. The van der Waals surface area contributed by atoms with Gasteiger partial charge in [-0.05, 0) is 43.9 Å². The number of phenolic OH excluding ortho intramolecular Hbond substituents is 1. The molecule has 3 rings (SSSR count). The molecular formula is C18H25NO4. The number of hydrogen-bond donors (Lipinski definition) is 2. The average molecular weight is 319 g/mol. The molecule has 2 N–H and O–H groups in total. The number of aliphatic hydroxyl groups is 1. The van der Waals surface area contributed by atoms with E-state index < -0.39 is 5.60 Å². The summed E-state index contributed by atoms with van der Waals surface area (Å²) in [5, 5.41) is 19.6. The minimum absolute atomic E-state index is 0.105. The smallest absolute Gasteiger partial charge is 0.226 e. The van der Waals surface area contributed by atoms with E-state index >= 15 is 0 Å². The van der Waals surface area contributed by atoms with E-state index in [4.69, 9.17) is 4.74 Å². The summed E-state index contributed by atoms with van der Waals surface area (Å²) >= 11 is 0. The Kier molecular flexibility index (Phi) is 4.34. The van der Waals surface area contributed by atoms with Gasteiger partial charge < -0.3 is 19.8 Å². The molecule has 2 aliphatic rings. The molecule has 0 bridgehead atoms. The first-order valence-corrected chi connectivity index (χ1v) is 8.30. The third-order valence-electron chi connectivity index (χ3n) is 5.07. The van der Waals surface area contributed by atoms with Crippen LogP contribution in [0.1, 0.15) is 38.2 Å². The second-order valence-corrected chi connectivity index (χ2v) is 7.18. The number of rotatable bonds is 2. The van der Waals surface area contributed by atoms with Crippen molar-refractivity contribution < 1.29 is 19.7 Å². The van der Waals surface area contributed by atoms with E-state index in [0.29, 0.717) is 39.0 Å². The maximum Gasteiger partial charge on any atom is 0.226 e. The average Bonchev–Trinajstić information content (AvgIpc) is 2.49. The molecule has 1 amide bonds. The zero-order valence-electron chi connectivity index (χ0n) is 13.6. The van der Waals surface area contributed by atoms with Gasteiger partial charge in [0, 0.05) is 19.5 Å². The van der Waals surface area contributed by atoms with Gasteiger partial charge >= 0.3 is 0 Å². The predicted molar refractivity (Wildman–Crippen MR) is 86.2 cm³/mol. The van der Waals surface area contributed by atoms with Crippen LogP contribution in [0.5, 0.6) is 5.75 Å². The maximum absolute atomic E-state index is 12.4. The van der Waals surface area contributed by atoms with Gasteiger partial charge in [-0.25, -0.2) is 0 Å². The predicted octanol–water partition coefficient (Wildman–Crippen LogP) is 1.86. The van der Waals surface area contributed by atoms with Crippen LogP contribution in [0, 0.1) is 0 Å². The van der Waals surface area contributed by atoms with Gasteiger partial charge in [-0.15, -0.1) is 0 Å². The number of aromatic hydroxyl groups is 1. The monoisotopic (exact) mass is 319 g/mol. The summed E-state index contributed by atoms with van der Waals surface area (Å²) in [5.41, 5.74) is -0.0157. The molecule has 1 aromatic rings. The van der Waals surface area contributed by atoms with Crippen LogP contribution in [0.15, 0.2) is 24.3 Å². The van der Waals surface area contributed by atoms with E-state index in [-0.39, 0.29) is 17.3 Å². The minimum Gasteiger partial charge on any atom is -0.508 e. The molecule has 126 valence electrons. The number of benzene rings is 1. The highest BCUT2D eigenvalue weighted by molar-refractivity contribution is 5.79. The lowest BCUT2D eigenvalue weighted by Crippen LogP contribution is -2.54. The molecule has 0 aliphatic carbocycles. The second-order valence-electron chi connectivity index (χ2n) is 7.18. The summed E-state index contributed by atoms with van der Waals surface area (Å²) in [5.74, 6) is 0.315. The first-order valence-electron chi connectivity index (χ1n) is 8.30. The second kappa shape index (κ2) is 6.13. The molecule has 5 nitrogen and oxygen atoms in total. The van der Waals surface area contributed by atoms with Gasteiger partial charge in [-0.2, -0.15) is 0 Å². The van der Waals surface area contributed by atoms with Crippen LogP contribution in [0.3, 0.4) is 0 Å².